The highest BCUT2D eigenvalue weighted by Crippen LogP contribution is 2.66. The van der Waals surface area contributed by atoms with Crippen molar-refractivity contribution in [3.05, 3.63) is 0 Å². The molecule has 0 aliphatic carbocycles. The largest absolute Gasteiger partial charge is 0.523 e. The third-order valence-electron chi connectivity index (χ3n) is 2.84. The number of halogens is 3. The summed E-state index contributed by atoms with van der Waals surface area (Å²) in [6, 6.07) is 0. The average molecular weight is 324 g/mol. The van der Waals surface area contributed by atoms with Crippen LogP contribution in [-0.4, -0.2) is 30.6 Å². The van der Waals surface area contributed by atoms with Crippen molar-refractivity contribution < 1.29 is 30.3 Å². The van der Waals surface area contributed by atoms with Crippen molar-refractivity contribution in [2.45, 2.75) is 57.4 Å². The Balaban J connectivity index is 5.42. The fourth-order valence-electron chi connectivity index (χ4n) is 1.60. The standard InChI is InChI=1S/C10H20F3O4PS/c1-8(2,3)18(14,9(4,5)6)7-17-19(15,16)10(11,12)13/h7H2,1-6H3. The molecule has 0 aromatic rings. The summed E-state index contributed by atoms with van der Waals surface area (Å²) < 4.78 is 75.2. The molecule has 0 fully saturated rings. The van der Waals surface area contributed by atoms with Crippen LogP contribution >= 0.6 is 7.14 Å². The van der Waals surface area contributed by atoms with Gasteiger partial charge in [0.05, 0.1) is 0 Å². The number of alkyl halides is 3. The predicted octanol–water partition coefficient (Wildman–Crippen LogP) is 3.77. The summed E-state index contributed by atoms with van der Waals surface area (Å²) in [5, 5.41) is -1.74. The maximum absolute atomic E-state index is 12.9. The van der Waals surface area contributed by atoms with Gasteiger partial charge in [0.25, 0.3) is 0 Å². The maximum Gasteiger partial charge on any atom is 0.523 e. The van der Waals surface area contributed by atoms with E-state index < -0.39 is 39.4 Å². The van der Waals surface area contributed by atoms with Crippen molar-refractivity contribution in [3.63, 3.8) is 0 Å². The minimum absolute atomic E-state index is 0.869. The summed E-state index contributed by atoms with van der Waals surface area (Å²) in [6.07, 6.45) is -0.957. The van der Waals surface area contributed by atoms with Crippen molar-refractivity contribution in [1.29, 1.82) is 0 Å². The Labute approximate surface area is 112 Å². The molecule has 0 atom stereocenters. The lowest BCUT2D eigenvalue weighted by atomic mass is 10.2. The highest BCUT2D eigenvalue weighted by atomic mass is 32.2. The van der Waals surface area contributed by atoms with Gasteiger partial charge < -0.3 is 4.57 Å². The van der Waals surface area contributed by atoms with Gasteiger partial charge in [0.15, 0.2) is 0 Å². The molecule has 0 spiro atoms. The predicted molar refractivity (Wildman–Crippen MR) is 68.0 cm³/mol. The van der Waals surface area contributed by atoms with Crippen LogP contribution in [0.2, 0.25) is 0 Å². The lowest BCUT2D eigenvalue weighted by Crippen LogP contribution is -2.33. The van der Waals surface area contributed by atoms with Crippen molar-refractivity contribution >= 4 is 17.3 Å². The molecule has 0 aromatic heterocycles. The Morgan fingerprint density at radius 3 is 1.47 bits per heavy atom. The third-order valence-corrected chi connectivity index (χ3v) is 8.84. The van der Waals surface area contributed by atoms with E-state index in [4.69, 9.17) is 0 Å². The summed E-state index contributed by atoms with van der Waals surface area (Å²) >= 11 is 0. The number of hydrogen-bond acceptors (Lipinski definition) is 4. The zero-order valence-electron chi connectivity index (χ0n) is 11.8. The first-order valence-corrected chi connectivity index (χ1v) is 8.81. The molecule has 0 saturated carbocycles. The van der Waals surface area contributed by atoms with Crippen LogP contribution in [0.4, 0.5) is 13.2 Å². The van der Waals surface area contributed by atoms with E-state index in [1.54, 1.807) is 41.5 Å². The molecular formula is C10H20F3O4PS. The fraction of sp³-hybridized carbons (Fsp3) is 1.00. The van der Waals surface area contributed by atoms with Crippen LogP contribution < -0.4 is 0 Å². The van der Waals surface area contributed by atoms with Gasteiger partial charge >= 0.3 is 15.6 Å². The van der Waals surface area contributed by atoms with Gasteiger partial charge in [0.2, 0.25) is 0 Å². The van der Waals surface area contributed by atoms with Crippen molar-refractivity contribution in [2.24, 2.45) is 0 Å². The first-order valence-electron chi connectivity index (χ1n) is 5.51. The van der Waals surface area contributed by atoms with Gasteiger partial charge in [0, 0.05) is 10.3 Å². The van der Waals surface area contributed by atoms with Crippen molar-refractivity contribution in [2.75, 3.05) is 6.35 Å². The Morgan fingerprint density at radius 2 is 1.26 bits per heavy atom. The molecule has 0 aliphatic heterocycles. The summed E-state index contributed by atoms with van der Waals surface area (Å²) in [4.78, 5) is 0. The molecule has 0 heterocycles. The topological polar surface area (TPSA) is 60.4 Å². The Bertz CT molecular complexity index is 450. The minimum Gasteiger partial charge on any atom is -0.320 e. The zero-order chi connectivity index (χ0) is 15.9. The first-order chi connectivity index (χ1) is 7.96. The van der Waals surface area contributed by atoms with Gasteiger partial charge in [-0.1, -0.05) is 41.5 Å². The highest BCUT2D eigenvalue weighted by molar-refractivity contribution is 7.88. The quantitative estimate of drug-likeness (QED) is 0.450. The number of hydrogen-bond donors (Lipinski definition) is 0. The lowest BCUT2D eigenvalue weighted by molar-refractivity contribution is -0.0531. The van der Waals surface area contributed by atoms with E-state index in [0.717, 1.165) is 0 Å². The molecule has 0 rings (SSSR count). The summed E-state index contributed by atoms with van der Waals surface area (Å²) in [6.45, 7) is 9.52. The van der Waals surface area contributed by atoms with Gasteiger partial charge in [-0.05, 0) is 0 Å². The molecule has 0 unspecified atom stereocenters. The van der Waals surface area contributed by atoms with E-state index in [9.17, 15) is 26.2 Å². The van der Waals surface area contributed by atoms with Gasteiger partial charge in [-0.15, -0.1) is 0 Å². The van der Waals surface area contributed by atoms with Crippen molar-refractivity contribution in [3.8, 4) is 0 Å². The molecule has 19 heavy (non-hydrogen) atoms. The van der Waals surface area contributed by atoms with Crippen LogP contribution in [0.15, 0.2) is 0 Å². The fourth-order valence-corrected chi connectivity index (χ4v) is 5.67. The van der Waals surface area contributed by atoms with Crippen LogP contribution in [0.25, 0.3) is 0 Å². The minimum atomic E-state index is -5.72. The second-order valence-electron chi connectivity index (χ2n) is 6.23. The van der Waals surface area contributed by atoms with Gasteiger partial charge in [-0.3, -0.25) is 4.18 Å². The Morgan fingerprint density at radius 1 is 0.947 bits per heavy atom. The Hall–Kier alpha value is -0.0700. The highest BCUT2D eigenvalue weighted by Gasteiger charge is 2.52. The molecule has 0 saturated heterocycles. The molecule has 4 nitrogen and oxygen atoms in total. The average Bonchev–Trinajstić information content (AvgIpc) is 2.08. The molecule has 0 aromatic carbocycles. The van der Waals surface area contributed by atoms with Crippen LogP contribution in [0.1, 0.15) is 41.5 Å². The summed E-state index contributed by atoms with van der Waals surface area (Å²) in [5.41, 5.74) is -5.51. The molecule has 0 amide bonds. The first kappa shape index (κ1) is 18.9. The molecule has 0 aliphatic rings. The van der Waals surface area contributed by atoms with Gasteiger partial charge in [-0.25, -0.2) is 0 Å². The van der Waals surface area contributed by atoms with E-state index >= 15 is 0 Å². The van der Waals surface area contributed by atoms with Crippen LogP contribution in [0, 0.1) is 0 Å². The zero-order valence-corrected chi connectivity index (χ0v) is 13.5. The van der Waals surface area contributed by atoms with Gasteiger partial charge in [-0.2, -0.15) is 21.6 Å². The van der Waals surface area contributed by atoms with E-state index in [1.165, 1.54) is 0 Å². The molecule has 9 heteroatoms. The maximum atomic E-state index is 12.9. The molecule has 116 valence electrons. The monoisotopic (exact) mass is 324 g/mol. The Kier molecular flexibility index (Phi) is 5.02. The van der Waals surface area contributed by atoms with E-state index in [-0.39, 0.29) is 0 Å². The van der Waals surface area contributed by atoms with Crippen LogP contribution in [0.3, 0.4) is 0 Å². The molecular weight excluding hydrogens is 304 g/mol. The smallest absolute Gasteiger partial charge is 0.320 e. The second-order valence-corrected chi connectivity index (χ2v) is 12.3. The van der Waals surface area contributed by atoms with Crippen LogP contribution in [-0.2, 0) is 18.9 Å². The van der Waals surface area contributed by atoms with E-state index in [0.29, 0.717) is 0 Å². The number of rotatable bonds is 3. The van der Waals surface area contributed by atoms with E-state index in [2.05, 4.69) is 4.18 Å². The molecule has 0 N–H and O–H groups in total. The molecule has 0 radical (unpaired) electrons. The lowest BCUT2D eigenvalue weighted by Gasteiger charge is -2.40. The van der Waals surface area contributed by atoms with Crippen LogP contribution in [0.5, 0.6) is 0 Å². The normalized spacial score (nSPS) is 15.6. The van der Waals surface area contributed by atoms with E-state index in [1.807, 2.05) is 0 Å². The SMILES string of the molecule is CC(C)(C)P(=O)(COS(=O)(=O)C(F)(F)F)C(C)(C)C. The third kappa shape index (κ3) is 3.95. The van der Waals surface area contributed by atoms with Crippen molar-refractivity contribution in [1.82, 2.24) is 0 Å². The summed E-state index contributed by atoms with van der Waals surface area (Å²) in [7, 11) is -9.08. The van der Waals surface area contributed by atoms with Gasteiger partial charge in [0.1, 0.15) is 13.5 Å². The summed E-state index contributed by atoms with van der Waals surface area (Å²) in [5.74, 6) is 0. The second kappa shape index (κ2) is 5.04. The molecule has 0 bridgehead atoms.